The first-order chi connectivity index (χ1) is 19.7. The summed E-state index contributed by atoms with van der Waals surface area (Å²) >= 11 is 0. The van der Waals surface area contributed by atoms with Crippen molar-refractivity contribution in [3.63, 3.8) is 0 Å². The highest BCUT2D eigenvalue weighted by molar-refractivity contribution is 5.98. The van der Waals surface area contributed by atoms with Gasteiger partial charge in [0.15, 0.2) is 17.5 Å². The van der Waals surface area contributed by atoms with E-state index in [-0.39, 0.29) is 24.3 Å². The fourth-order valence-corrected chi connectivity index (χ4v) is 5.52. The lowest BCUT2D eigenvalue weighted by atomic mass is 9.86. The first kappa shape index (κ1) is 27.3. The molecule has 1 amide bonds. The second-order valence-electron chi connectivity index (χ2n) is 10.0. The number of aromatic nitrogens is 3. The van der Waals surface area contributed by atoms with E-state index in [1.54, 1.807) is 12.1 Å². The standard InChI is InChI=1S/C28H25F3N4O6/c29-18-10-17(11-19(30)23(18)31)20-12-35(34-33-20)24-25(37)21(13-36)41-28(26(24)38)22(7-8-40-28)32-27(39)16-6-5-14-3-1-2-4-15(14)9-16/h1-6,9-12,21-22,24-26,36-38H,7-8,13H2,(H,32,39)/t21-,22-,24+,25+,26-,28+/m1/s1. The van der Waals surface area contributed by atoms with E-state index in [0.717, 1.165) is 27.6 Å². The Labute approximate surface area is 230 Å². The van der Waals surface area contributed by atoms with E-state index >= 15 is 0 Å². The second-order valence-corrected chi connectivity index (χ2v) is 10.0. The van der Waals surface area contributed by atoms with Gasteiger partial charge in [0.25, 0.3) is 5.91 Å². The highest BCUT2D eigenvalue weighted by Gasteiger charge is 2.62. The van der Waals surface area contributed by atoms with Gasteiger partial charge in [0, 0.05) is 11.1 Å². The van der Waals surface area contributed by atoms with Crippen molar-refractivity contribution in [2.24, 2.45) is 0 Å². The van der Waals surface area contributed by atoms with Gasteiger partial charge in [-0.3, -0.25) is 4.79 Å². The molecule has 0 unspecified atom stereocenters. The van der Waals surface area contributed by atoms with Crippen molar-refractivity contribution < 1.29 is 42.8 Å². The molecule has 13 heteroatoms. The molecule has 2 saturated heterocycles. The Hall–Kier alpha value is -3.88. The Bertz CT molecular complexity index is 1600. The maximum atomic E-state index is 13.8. The van der Waals surface area contributed by atoms with Crippen LogP contribution in [0.4, 0.5) is 13.2 Å². The molecule has 0 saturated carbocycles. The van der Waals surface area contributed by atoms with Gasteiger partial charge in [-0.15, -0.1) is 5.10 Å². The lowest BCUT2D eigenvalue weighted by Gasteiger charge is -2.49. The molecule has 0 radical (unpaired) electrons. The average molecular weight is 571 g/mol. The highest BCUT2D eigenvalue weighted by atomic mass is 19.2. The largest absolute Gasteiger partial charge is 0.394 e. The van der Waals surface area contributed by atoms with E-state index in [2.05, 4.69) is 15.6 Å². The smallest absolute Gasteiger partial charge is 0.251 e. The van der Waals surface area contributed by atoms with Crippen molar-refractivity contribution in [2.75, 3.05) is 13.2 Å². The lowest BCUT2D eigenvalue weighted by molar-refractivity contribution is -0.344. The Morgan fingerprint density at radius 3 is 2.54 bits per heavy atom. The maximum absolute atomic E-state index is 13.8. The molecule has 10 nitrogen and oxygen atoms in total. The summed E-state index contributed by atoms with van der Waals surface area (Å²) in [6.45, 7) is -0.589. The van der Waals surface area contributed by atoms with Gasteiger partial charge in [0.05, 0.1) is 25.5 Å². The normalized spacial score (nSPS) is 27.9. The first-order valence-electron chi connectivity index (χ1n) is 12.9. The van der Waals surface area contributed by atoms with Crippen LogP contribution < -0.4 is 5.32 Å². The molecule has 3 aromatic carbocycles. The zero-order valence-corrected chi connectivity index (χ0v) is 21.3. The van der Waals surface area contributed by atoms with Gasteiger partial charge in [-0.1, -0.05) is 35.5 Å². The topological polar surface area (TPSA) is 139 Å². The molecule has 2 aliphatic heterocycles. The Kier molecular flexibility index (Phi) is 6.99. The minimum Gasteiger partial charge on any atom is -0.394 e. The number of benzene rings is 3. The fraction of sp³-hybridized carbons (Fsp3) is 0.321. The minimum absolute atomic E-state index is 0.0724. The predicted octanol–water partition coefficient (Wildman–Crippen LogP) is 2.08. The zero-order chi connectivity index (χ0) is 28.9. The quantitative estimate of drug-likeness (QED) is 0.268. The van der Waals surface area contributed by atoms with Crippen LogP contribution in [0.15, 0.2) is 60.8 Å². The maximum Gasteiger partial charge on any atom is 0.251 e. The lowest BCUT2D eigenvalue weighted by Crippen LogP contribution is -2.69. The number of carbonyl (C=O) groups is 1. The molecule has 4 aromatic rings. The van der Waals surface area contributed by atoms with Crippen LogP contribution in [0.2, 0.25) is 0 Å². The number of halogens is 3. The van der Waals surface area contributed by atoms with Crippen LogP contribution >= 0.6 is 0 Å². The highest BCUT2D eigenvalue weighted by Crippen LogP contribution is 2.43. The van der Waals surface area contributed by atoms with Crippen molar-refractivity contribution in [2.45, 2.75) is 42.6 Å². The van der Waals surface area contributed by atoms with E-state index < -0.39 is 66.1 Å². The number of nitrogens with one attached hydrogen (secondary N) is 1. The Morgan fingerprint density at radius 1 is 1.07 bits per heavy atom. The number of carbonyl (C=O) groups excluding carboxylic acids is 1. The summed E-state index contributed by atoms with van der Waals surface area (Å²) < 4.78 is 53.9. The number of aliphatic hydroxyl groups is 3. The van der Waals surface area contributed by atoms with Crippen molar-refractivity contribution in [1.82, 2.24) is 20.3 Å². The van der Waals surface area contributed by atoms with Crippen LogP contribution in [0.1, 0.15) is 22.8 Å². The van der Waals surface area contributed by atoms with Crippen molar-refractivity contribution in [3.8, 4) is 11.3 Å². The number of amides is 1. The van der Waals surface area contributed by atoms with Crippen LogP contribution in [-0.2, 0) is 9.47 Å². The van der Waals surface area contributed by atoms with Gasteiger partial charge in [0.2, 0.25) is 5.79 Å². The van der Waals surface area contributed by atoms with E-state index in [4.69, 9.17) is 9.47 Å². The Morgan fingerprint density at radius 2 is 1.80 bits per heavy atom. The monoisotopic (exact) mass is 570 g/mol. The van der Waals surface area contributed by atoms with Gasteiger partial charge in [-0.2, -0.15) is 0 Å². The van der Waals surface area contributed by atoms with E-state index in [0.29, 0.717) is 5.56 Å². The van der Waals surface area contributed by atoms with Crippen LogP contribution in [0, 0.1) is 17.5 Å². The summed E-state index contributed by atoms with van der Waals surface area (Å²) in [4.78, 5) is 13.3. The van der Waals surface area contributed by atoms with Crippen LogP contribution in [-0.4, -0.2) is 79.6 Å². The number of ether oxygens (including phenoxy) is 2. The summed E-state index contributed by atoms with van der Waals surface area (Å²) in [5.41, 5.74) is 0.164. The van der Waals surface area contributed by atoms with Crippen LogP contribution in [0.3, 0.4) is 0 Å². The average Bonchev–Trinajstić information content (AvgIpc) is 3.61. The second kappa shape index (κ2) is 10.5. The van der Waals surface area contributed by atoms with E-state index in [9.17, 15) is 33.3 Å². The zero-order valence-electron chi connectivity index (χ0n) is 21.3. The SMILES string of the molecule is O=C(N[C@@H]1CCO[C@]12O[C@H](CO)[C@H](O)[C@H](n1cc(-c3cc(F)c(F)c(F)c3)nn1)[C@H]2O)c1ccc2ccccc2c1. The fourth-order valence-electron chi connectivity index (χ4n) is 5.52. The number of nitrogens with zero attached hydrogens (tertiary/aromatic N) is 3. The number of fused-ring (bicyclic) bond motifs is 1. The summed E-state index contributed by atoms with van der Waals surface area (Å²) in [5.74, 6) is -6.83. The van der Waals surface area contributed by atoms with Crippen LogP contribution in [0.5, 0.6) is 0 Å². The molecule has 6 rings (SSSR count). The number of aliphatic hydroxyl groups excluding tert-OH is 3. The minimum atomic E-state index is -1.88. The van der Waals surface area contributed by atoms with Gasteiger partial charge >= 0.3 is 0 Å². The molecule has 41 heavy (non-hydrogen) atoms. The number of rotatable bonds is 5. The third kappa shape index (κ3) is 4.65. The van der Waals surface area contributed by atoms with Gasteiger partial charge in [-0.25, -0.2) is 17.9 Å². The molecule has 2 aliphatic rings. The molecule has 1 spiro atoms. The summed E-state index contributed by atoms with van der Waals surface area (Å²) in [6, 6.07) is 12.0. The van der Waals surface area contributed by atoms with Crippen LogP contribution in [0.25, 0.3) is 22.0 Å². The number of hydrogen-bond donors (Lipinski definition) is 4. The summed E-state index contributed by atoms with van der Waals surface area (Å²) in [6.07, 6.45) is -3.00. The van der Waals surface area contributed by atoms with Gasteiger partial charge in [-0.05, 0) is 41.5 Å². The van der Waals surface area contributed by atoms with E-state index in [1.807, 2.05) is 30.3 Å². The molecule has 0 bridgehead atoms. The predicted molar refractivity (Wildman–Crippen MR) is 137 cm³/mol. The van der Waals surface area contributed by atoms with Crippen molar-refractivity contribution in [1.29, 1.82) is 0 Å². The molecule has 214 valence electrons. The molecular formula is C28H25F3N4O6. The molecule has 1 aromatic heterocycles. The van der Waals surface area contributed by atoms with Crippen molar-refractivity contribution >= 4 is 16.7 Å². The molecule has 3 heterocycles. The summed E-state index contributed by atoms with van der Waals surface area (Å²) in [7, 11) is 0. The molecule has 0 aliphatic carbocycles. The first-order valence-corrected chi connectivity index (χ1v) is 12.9. The molecular weight excluding hydrogens is 545 g/mol. The molecule has 6 atom stereocenters. The van der Waals surface area contributed by atoms with Crippen molar-refractivity contribution in [3.05, 3.63) is 83.8 Å². The van der Waals surface area contributed by atoms with E-state index in [1.165, 1.54) is 6.20 Å². The number of hydrogen-bond acceptors (Lipinski definition) is 8. The van der Waals surface area contributed by atoms with Gasteiger partial charge in [0.1, 0.15) is 30.0 Å². The third-order valence-electron chi connectivity index (χ3n) is 7.61. The Balaban J connectivity index is 1.30. The summed E-state index contributed by atoms with van der Waals surface area (Å²) in [5, 5.41) is 45.0. The third-order valence-corrected chi connectivity index (χ3v) is 7.61. The molecule has 4 N–H and O–H groups in total. The molecule has 2 fully saturated rings. The van der Waals surface area contributed by atoms with Gasteiger partial charge < -0.3 is 30.1 Å².